The first kappa shape index (κ1) is 10.4. The Morgan fingerprint density at radius 2 is 2.07 bits per heavy atom. The van der Waals surface area contributed by atoms with Crippen molar-refractivity contribution in [2.75, 3.05) is 0 Å². The highest BCUT2D eigenvalue weighted by Gasteiger charge is 2.04. The molecule has 0 saturated carbocycles. The molecule has 4 heteroatoms. The van der Waals surface area contributed by atoms with E-state index < -0.39 is 0 Å². The summed E-state index contributed by atoms with van der Waals surface area (Å²) in [5, 5.41) is 0.836. The van der Waals surface area contributed by atoms with E-state index in [2.05, 4.69) is 32.0 Å². The van der Waals surface area contributed by atoms with Gasteiger partial charge in [-0.1, -0.05) is 22.0 Å². The third-order valence-corrected chi connectivity index (χ3v) is 3.11. The van der Waals surface area contributed by atoms with Crippen molar-refractivity contribution in [3.8, 4) is 5.82 Å². The smallest absolute Gasteiger partial charge is 0.138 e. The summed E-state index contributed by atoms with van der Waals surface area (Å²) in [4.78, 5) is 8.64. The molecule has 0 bridgehead atoms. The van der Waals surface area contributed by atoms with Crippen LogP contribution in [0.4, 0.5) is 0 Å². The Kier molecular flexibility index (Phi) is 2.86. The van der Waals surface area contributed by atoms with E-state index in [1.54, 1.807) is 6.33 Å². The summed E-state index contributed by atoms with van der Waals surface area (Å²) in [6, 6.07) is 4.07. The lowest BCUT2D eigenvalue weighted by Crippen LogP contribution is -1.98. The van der Waals surface area contributed by atoms with Gasteiger partial charge in [-0.2, -0.15) is 0 Å². The molecule has 0 atom stereocenters. The molecule has 0 amide bonds. The monoisotopic (exact) mass is 265 g/mol. The second-order valence-electron chi connectivity index (χ2n) is 3.44. The number of imidazole rings is 1. The van der Waals surface area contributed by atoms with E-state index in [4.69, 9.17) is 0 Å². The zero-order valence-corrected chi connectivity index (χ0v) is 10.3. The molecule has 0 aliphatic rings. The van der Waals surface area contributed by atoms with Crippen molar-refractivity contribution in [3.63, 3.8) is 0 Å². The average Bonchev–Trinajstić information content (AvgIpc) is 2.60. The van der Waals surface area contributed by atoms with Crippen molar-refractivity contribution in [2.45, 2.75) is 19.2 Å². The summed E-state index contributed by atoms with van der Waals surface area (Å²) in [5.74, 6) is 0.915. The Balaban J connectivity index is 2.41. The highest BCUT2D eigenvalue weighted by atomic mass is 79.9. The summed E-state index contributed by atoms with van der Waals surface area (Å²) in [5.41, 5.74) is 3.35. The van der Waals surface area contributed by atoms with Crippen LogP contribution in [0.2, 0.25) is 0 Å². The number of aromatic nitrogens is 3. The van der Waals surface area contributed by atoms with Crippen molar-refractivity contribution in [2.24, 2.45) is 0 Å². The van der Waals surface area contributed by atoms with Crippen LogP contribution in [0, 0.1) is 13.8 Å². The maximum Gasteiger partial charge on any atom is 0.138 e. The van der Waals surface area contributed by atoms with E-state index in [0.717, 1.165) is 22.5 Å². The molecule has 2 aromatic heterocycles. The zero-order valence-electron chi connectivity index (χ0n) is 8.74. The van der Waals surface area contributed by atoms with Crippen LogP contribution in [-0.2, 0) is 5.33 Å². The molecule has 0 aromatic carbocycles. The zero-order chi connectivity index (χ0) is 10.8. The molecule has 0 N–H and O–H groups in total. The number of hydrogen-bond donors (Lipinski definition) is 0. The predicted molar refractivity (Wildman–Crippen MR) is 63.5 cm³/mol. The van der Waals surface area contributed by atoms with Gasteiger partial charge in [-0.05, 0) is 25.5 Å². The van der Waals surface area contributed by atoms with Gasteiger partial charge in [0, 0.05) is 17.2 Å². The van der Waals surface area contributed by atoms with Crippen molar-refractivity contribution < 1.29 is 0 Å². The minimum atomic E-state index is 0.836. The molecule has 0 unspecified atom stereocenters. The molecule has 2 heterocycles. The first-order valence-corrected chi connectivity index (χ1v) is 5.86. The summed E-state index contributed by atoms with van der Waals surface area (Å²) in [7, 11) is 0. The van der Waals surface area contributed by atoms with Gasteiger partial charge in [-0.25, -0.2) is 9.97 Å². The Bertz CT molecular complexity index is 459. The van der Waals surface area contributed by atoms with Crippen molar-refractivity contribution in [3.05, 3.63) is 41.6 Å². The fourth-order valence-electron chi connectivity index (χ4n) is 1.37. The van der Waals surface area contributed by atoms with Crippen LogP contribution in [0.25, 0.3) is 5.82 Å². The number of halogens is 1. The topological polar surface area (TPSA) is 30.7 Å². The summed E-state index contributed by atoms with van der Waals surface area (Å²) >= 11 is 3.40. The number of hydrogen-bond acceptors (Lipinski definition) is 2. The highest BCUT2D eigenvalue weighted by Crippen LogP contribution is 2.12. The fraction of sp³-hybridized carbons (Fsp3) is 0.273. The quantitative estimate of drug-likeness (QED) is 0.782. The number of nitrogens with zero attached hydrogens (tertiary/aromatic N) is 3. The number of alkyl halides is 1. The lowest BCUT2D eigenvalue weighted by Gasteiger charge is -2.04. The Morgan fingerprint density at radius 3 is 2.53 bits per heavy atom. The molecule has 2 rings (SSSR count). The van der Waals surface area contributed by atoms with Crippen molar-refractivity contribution in [1.29, 1.82) is 0 Å². The van der Waals surface area contributed by atoms with Crippen LogP contribution < -0.4 is 0 Å². The third kappa shape index (κ3) is 1.95. The molecule has 78 valence electrons. The first-order chi connectivity index (χ1) is 7.22. The molecule has 0 fully saturated rings. The lowest BCUT2D eigenvalue weighted by atomic mass is 10.3. The lowest BCUT2D eigenvalue weighted by molar-refractivity contribution is 0.946. The Hall–Kier alpha value is -1.16. The minimum absolute atomic E-state index is 0.836. The normalized spacial score (nSPS) is 10.6. The van der Waals surface area contributed by atoms with Crippen molar-refractivity contribution in [1.82, 2.24) is 14.5 Å². The fourth-order valence-corrected chi connectivity index (χ4v) is 1.70. The van der Waals surface area contributed by atoms with Crippen LogP contribution in [-0.4, -0.2) is 14.5 Å². The molecule has 0 radical (unpaired) electrons. The van der Waals surface area contributed by atoms with E-state index >= 15 is 0 Å². The maximum atomic E-state index is 4.39. The van der Waals surface area contributed by atoms with Crippen LogP contribution >= 0.6 is 15.9 Å². The first-order valence-electron chi connectivity index (χ1n) is 4.74. The Labute approximate surface area is 97.3 Å². The Morgan fingerprint density at radius 1 is 1.27 bits per heavy atom. The molecule has 3 nitrogen and oxygen atoms in total. The van der Waals surface area contributed by atoms with Gasteiger partial charge in [-0.15, -0.1) is 0 Å². The maximum absolute atomic E-state index is 4.39. The summed E-state index contributed by atoms with van der Waals surface area (Å²) in [6.45, 7) is 4.04. The molecular formula is C11H12BrN3. The van der Waals surface area contributed by atoms with Crippen LogP contribution in [0.1, 0.15) is 17.0 Å². The standard InChI is InChI=1S/C11H12BrN3/c1-8-9(2)15(7-14-8)11-4-3-10(5-12)6-13-11/h3-4,6-7H,5H2,1-2H3. The van der Waals surface area contributed by atoms with Crippen molar-refractivity contribution >= 4 is 15.9 Å². The van der Waals surface area contributed by atoms with Crippen LogP contribution in [0.3, 0.4) is 0 Å². The van der Waals surface area contributed by atoms with Gasteiger partial charge in [0.05, 0.1) is 5.69 Å². The molecule has 2 aromatic rings. The minimum Gasteiger partial charge on any atom is -0.287 e. The number of rotatable bonds is 2. The molecular weight excluding hydrogens is 254 g/mol. The average molecular weight is 266 g/mol. The summed E-state index contributed by atoms with van der Waals surface area (Å²) in [6.07, 6.45) is 3.68. The van der Waals surface area contributed by atoms with E-state index in [1.165, 1.54) is 5.56 Å². The van der Waals surface area contributed by atoms with Crippen LogP contribution in [0.15, 0.2) is 24.7 Å². The second kappa shape index (κ2) is 4.14. The molecule has 0 saturated heterocycles. The van der Waals surface area contributed by atoms with Gasteiger partial charge >= 0.3 is 0 Å². The highest BCUT2D eigenvalue weighted by molar-refractivity contribution is 9.08. The second-order valence-corrected chi connectivity index (χ2v) is 4.00. The van der Waals surface area contributed by atoms with Gasteiger partial charge < -0.3 is 0 Å². The van der Waals surface area contributed by atoms with Gasteiger partial charge in [0.1, 0.15) is 12.1 Å². The molecule has 15 heavy (non-hydrogen) atoms. The molecule has 0 aliphatic heterocycles. The molecule has 0 aliphatic carbocycles. The van der Waals surface area contributed by atoms with E-state index in [0.29, 0.717) is 0 Å². The van der Waals surface area contributed by atoms with Crippen LogP contribution in [0.5, 0.6) is 0 Å². The number of aryl methyl sites for hydroxylation is 1. The van der Waals surface area contributed by atoms with Gasteiger partial charge in [0.2, 0.25) is 0 Å². The molecule has 0 spiro atoms. The van der Waals surface area contributed by atoms with Gasteiger partial charge in [0.25, 0.3) is 0 Å². The predicted octanol–water partition coefficient (Wildman–Crippen LogP) is 2.78. The SMILES string of the molecule is Cc1ncn(-c2ccc(CBr)cn2)c1C. The number of pyridine rings is 1. The largest absolute Gasteiger partial charge is 0.287 e. The van der Waals surface area contributed by atoms with E-state index in [9.17, 15) is 0 Å². The van der Waals surface area contributed by atoms with Gasteiger partial charge in [0.15, 0.2) is 0 Å². The summed E-state index contributed by atoms with van der Waals surface area (Å²) < 4.78 is 1.99. The van der Waals surface area contributed by atoms with E-state index in [-0.39, 0.29) is 0 Å². The third-order valence-electron chi connectivity index (χ3n) is 2.46. The van der Waals surface area contributed by atoms with Gasteiger partial charge in [-0.3, -0.25) is 4.57 Å². The van der Waals surface area contributed by atoms with E-state index in [1.807, 2.05) is 30.7 Å².